The lowest BCUT2D eigenvalue weighted by Gasteiger charge is -2.42. The number of hydrogen-bond donors (Lipinski definition) is 1. The van der Waals surface area contributed by atoms with Crippen LogP contribution < -0.4 is 0 Å². The minimum atomic E-state index is -1.12. The van der Waals surface area contributed by atoms with Crippen molar-refractivity contribution in [3.63, 3.8) is 0 Å². The van der Waals surface area contributed by atoms with Crippen LogP contribution >= 0.6 is 0 Å². The van der Waals surface area contributed by atoms with E-state index >= 15 is 0 Å². The Balaban J connectivity index is 1.79. The number of fused-ring (bicyclic) bond motifs is 1. The standard InChI is InChI=1S/C31H48N2O6/c1-6-9-18-38-29(37)25-24-27(35)33(23(20-34)19-21(4)5)26(31(24)16-15-30(25,8-3)39-31)28(36)32(17-7-2)22-13-11-10-12-14-22/h6-7,21-26,34H,1-2,8-20H2,3-5H3/t23-,24+,25+,26?,30-,31?/m1/s1. The smallest absolute Gasteiger partial charge is 0.312 e. The first-order chi connectivity index (χ1) is 18.7. The van der Waals surface area contributed by atoms with Crippen LogP contribution in [-0.2, 0) is 23.9 Å². The molecule has 39 heavy (non-hydrogen) atoms. The summed E-state index contributed by atoms with van der Waals surface area (Å²) in [5, 5.41) is 10.5. The van der Waals surface area contributed by atoms with Crippen molar-refractivity contribution in [2.75, 3.05) is 19.8 Å². The molecule has 4 aliphatic rings. The molecule has 2 amide bonds. The third-order valence-corrected chi connectivity index (χ3v) is 9.64. The lowest BCUT2D eigenvalue weighted by molar-refractivity contribution is -0.164. The first-order valence-corrected chi connectivity index (χ1v) is 15.0. The number of carbonyl (C=O) groups is 3. The predicted octanol–water partition coefficient (Wildman–Crippen LogP) is 4.01. The second-order valence-electron chi connectivity index (χ2n) is 12.4. The van der Waals surface area contributed by atoms with E-state index in [-0.39, 0.29) is 37.0 Å². The van der Waals surface area contributed by atoms with Crippen molar-refractivity contribution in [3.8, 4) is 0 Å². The molecule has 0 aromatic carbocycles. The highest BCUT2D eigenvalue weighted by Gasteiger charge is 2.79. The van der Waals surface area contributed by atoms with Gasteiger partial charge in [0.25, 0.3) is 0 Å². The van der Waals surface area contributed by atoms with Crippen LogP contribution in [0.3, 0.4) is 0 Å². The topological polar surface area (TPSA) is 96.4 Å². The predicted molar refractivity (Wildman–Crippen MR) is 149 cm³/mol. The van der Waals surface area contributed by atoms with Gasteiger partial charge in [-0.2, -0.15) is 0 Å². The van der Waals surface area contributed by atoms with Crippen LogP contribution in [-0.4, -0.2) is 81.8 Å². The van der Waals surface area contributed by atoms with E-state index in [0.29, 0.717) is 38.6 Å². The molecule has 2 bridgehead atoms. The van der Waals surface area contributed by atoms with Crippen LogP contribution in [0.25, 0.3) is 0 Å². The van der Waals surface area contributed by atoms with Crippen LogP contribution in [0.2, 0.25) is 0 Å². The van der Waals surface area contributed by atoms with Crippen molar-refractivity contribution >= 4 is 17.8 Å². The fraction of sp³-hybridized carbons (Fsp3) is 0.774. The van der Waals surface area contributed by atoms with Crippen LogP contribution in [0.15, 0.2) is 25.3 Å². The number of rotatable bonds is 13. The molecule has 1 N–H and O–H groups in total. The molecular weight excluding hydrogens is 496 g/mol. The lowest BCUT2D eigenvalue weighted by Crippen LogP contribution is -2.60. The zero-order valence-electron chi connectivity index (χ0n) is 24.1. The van der Waals surface area contributed by atoms with Crippen LogP contribution in [0.5, 0.6) is 0 Å². The summed E-state index contributed by atoms with van der Waals surface area (Å²) in [7, 11) is 0. The highest BCUT2D eigenvalue weighted by molar-refractivity contribution is 5.99. The zero-order chi connectivity index (χ0) is 28.4. The summed E-state index contributed by atoms with van der Waals surface area (Å²) in [6, 6.07) is -1.36. The van der Waals surface area contributed by atoms with Gasteiger partial charge in [0.05, 0.1) is 30.8 Å². The number of esters is 1. The summed E-state index contributed by atoms with van der Waals surface area (Å²) < 4.78 is 12.5. The Morgan fingerprint density at radius 2 is 1.92 bits per heavy atom. The second kappa shape index (κ2) is 12.1. The van der Waals surface area contributed by atoms with Gasteiger partial charge >= 0.3 is 5.97 Å². The molecule has 3 saturated heterocycles. The van der Waals surface area contributed by atoms with E-state index in [0.717, 1.165) is 32.1 Å². The molecule has 4 rings (SSSR count). The van der Waals surface area contributed by atoms with E-state index in [4.69, 9.17) is 9.47 Å². The van der Waals surface area contributed by atoms with E-state index in [1.54, 1.807) is 17.1 Å². The maximum atomic E-state index is 14.7. The third-order valence-electron chi connectivity index (χ3n) is 9.64. The molecule has 8 nitrogen and oxygen atoms in total. The molecule has 3 aliphatic heterocycles. The van der Waals surface area contributed by atoms with Gasteiger partial charge < -0.3 is 24.4 Å². The Morgan fingerprint density at radius 3 is 2.51 bits per heavy atom. The minimum absolute atomic E-state index is 0.0766. The van der Waals surface area contributed by atoms with E-state index < -0.39 is 41.1 Å². The maximum Gasteiger partial charge on any atom is 0.312 e. The molecular formula is C31H48N2O6. The minimum Gasteiger partial charge on any atom is -0.465 e. The van der Waals surface area contributed by atoms with Gasteiger partial charge in [0.1, 0.15) is 17.6 Å². The Kier molecular flexibility index (Phi) is 9.26. The molecule has 1 aliphatic carbocycles. The summed E-state index contributed by atoms with van der Waals surface area (Å²) >= 11 is 0. The van der Waals surface area contributed by atoms with Crippen molar-refractivity contribution in [1.82, 2.24) is 9.80 Å². The number of aliphatic hydroxyl groups excluding tert-OH is 1. The second-order valence-corrected chi connectivity index (χ2v) is 12.4. The number of nitrogens with zero attached hydrogens (tertiary/aromatic N) is 2. The van der Waals surface area contributed by atoms with E-state index in [1.807, 2.05) is 25.7 Å². The summed E-state index contributed by atoms with van der Waals surface area (Å²) in [4.78, 5) is 46.2. The van der Waals surface area contributed by atoms with Gasteiger partial charge in [-0.15, -0.1) is 13.2 Å². The van der Waals surface area contributed by atoms with Gasteiger partial charge in [0.2, 0.25) is 11.8 Å². The Morgan fingerprint density at radius 1 is 1.21 bits per heavy atom. The molecule has 0 aromatic heterocycles. The highest BCUT2D eigenvalue weighted by Crippen LogP contribution is 2.65. The fourth-order valence-electron chi connectivity index (χ4n) is 7.95. The number of ether oxygens (including phenoxy) is 2. The number of carbonyl (C=O) groups excluding carboxylic acids is 3. The normalized spacial score (nSPS) is 32.8. The van der Waals surface area contributed by atoms with Crippen LogP contribution in [0, 0.1) is 17.8 Å². The van der Waals surface area contributed by atoms with Crippen LogP contribution in [0.1, 0.15) is 85.0 Å². The van der Waals surface area contributed by atoms with Gasteiger partial charge in [-0.25, -0.2) is 0 Å². The van der Waals surface area contributed by atoms with Crippen molar-refractivity contribution in [2.45, 2.75) is 114 Å². The first kappa shape index (κ1) is 29.8. The molecule has 6 atom stereocenters. The summed E-state index contributed by atoms with van der Waals surface area (Å²) in [6.45, 7) is 14.0. The number of hydrogen-bond acceptors (Lipinski definition) is 6. The SMILES string of the molecule is C=CCCOC(=O)[C@@H]1[C@H]2C(=O)N([C@@H](CO)CC(C)C)C(C(=O)N(CC=C)C3CCCCC3)C23CC[C@@]1(CC)O3. The van der Waals surface area contributed by atoms with E-state index in [2.05, 4.69) is 13.2 Å². The monoisotopic (exact) mass is 544 g/mol. The largest absolute Gasteiger partial charge is 0.465 e. The third kappa shape index (κ3) is 5.08. The molecule has 8 heteroatoms. The Labute approximate surface area is 233 Å². The first-order valence-electron chi connectivity index (χ1n) is 15.0. The summed E-state index contributed by atoms with van der Waals surface area (Å²) in [5.74, 6) is -2.25. The van der Waals surface area contributed by atoms with Gasteiger partial charge in [0, 0.05) is 12.6 Å². The maximum absolute atomic E-state index is 14.7. The van der Waals surface area contributed by atoms with Crippen molar-refractivity contribution in [2.24, 2.45) is 17.8 Å². The Hall–Kier alpha value is -2.19. The number of amides is 2. The lowest BCUT2D eigenvalue weighted by atomic mass is 9.65. The molecule has 1 saturated carbocycles. The molecule has 4 fully saturated rings. The molecule has 0 radical (unpaired) electrons. The number of likely N-dealkylation sites (tertiary alicyclic amines) is 1. The number of aliphatic hydroxyl groups is 1. The summed E-state index contributed by atoms with van der Waals surface area (Å²) in [5.41, 5.74) is -1.96. The average molecular weight is 545 g/mol. The molecule has 218 valence electrons. The highest BCUT2D eigenvalue weighted by atomic mass is 16.6. The van der Waals surface area contributed by atoms with Gasteiger partial charge in [-0.05, 0) is 50.9 Å². The van der Waals surface area contributed by atoms with Gasteiger partial charge in [-0.1, -0.05) is 52.2 Å². The van der Waals surface area contributed by atoms with Crippen molar-refractivity contribution < 1.29 is 29.0 Å². The molecule has 2 unspecified atom stereocenters. The average Bonchev–Trinajstić information content (AvgIpc) is 3.54. The van der Waals surface area contributed by atoms with Gasteiger partial charge in [-0.3, -0.25) is 14.4 Å². The quantitative estimate of drug-likeness (QED) is 0.214. The molecule has 1 spiro atoms. The Bertz CT molecular complexity index is 945. The molecule has 0 aromatic rings. The van der Waals surface area contributed by atoms with E-state index in [9.17, 15) is 19.5 Å². The van der Waals surface area contributed by atoms with Crippen molar-refractivity contribution in [3.05, 3.63) is 25.3 Å². The van der Waals surface area contributed by atoms with Crippen molar-refractivity contribution in [1.29, 1.82) is 0 Å². The summed E-state index contributed by atoms with van der Waals surface area (Å²) in [6.07, 6.45) is 11.3. The molecule has 3 heterocycles. The van der Waals surface area contributed by atoms with Gasteiger partial charge in [0.15, 0.2) is 0 Å². The van der Waals surface area contributed by atoms with E-state index in [1.165, 1.54) is 0 Å². The fourth-order valence-corrected chi connectivity index (χ4v) is 7.95. The van der Waals surface area contributed by atoms with Crippen LogP contribution in [0.4, 0.5) is 0 Å². The zero-order valence-corrected chi connectivity index (χ0v) is 24.1.